The van der Waals surface area contributed by atoms with E-state index >= 15 is 4.39 Å². The Morgan fingerprint density at radius 2 is 1.89 bits per heavy atom. The van der Waals surface area contributed by atoms with Crippen molar-refractivity contribution in [3.8, 4) is 22.8 Å². The summed E-state index contributed by atoms with van der Waals surface area (Å²) in [5, 5.41) is 4.21. The summed E-state index contributed by atoms with van der Waals surface area (Å²) in [6.07, 6.45) is 8.80. The number of benzene rings is 1. The number of aromatic nitrogens is 7. The average Bonchev–Trinajstić information content (AvgIpc) is 3.55. The zero-order valence-electron chi connectivity index (χ0n) is 21.5. The van der Waals surface area contributed by atoms with Crippen molar-refractivity contribution in [1.82, 2.24) is 38.0 Å². The fourth-order valence-electron chi connectivity index (χ4n) is 3.87. The van der Waals surface area contributed by atoms with Crippen molar-refractivity contribution in [3.05, 3.63) is 66.9 Å². The summed E-state index contributed by atoms with van der Waals surface area (Å²) in [6.45, 7) is 0.204. The van der Waals surface area contributed by atoms with Crippen molar-refractivity contribution < 1.29 is 13.9 Å². The summed E-state index contributed by atoms with van der Waals surface area (Å²) in [5.41, 5.74) is 2.69. The van der Waals surface area contributed by atoms with Crippen molar-refractivity contribution in [2.75, 3.05) is 33.2 Å². The minimum atomic E-state index is -0.552. The Kier molecular flexibility index (Phi) is 7.11. The van der Waals surface area contributed by atoms with E-state index in [-0.39, 0.29) is 18.0 Å². The molecule has 0 aliphatic rings. The molecule has 0 N–H and O–H groups in total. The predicted molar refractivity (Wildman–Crippen MR) is 144 cm³/mol. The molecule has 13 heteroatoms. The Morgan fingerprint density at radius 1 is 1.05 bits per heavy atom. The summed E-state index contributed by atoms with van der Waals surface area (Å²) in [7, 11) is 8.63. The molecule has 4 aromatic heterocycles. The number of nitrogens with zero attached hydrogens (tertiary/aromatic N) is 9. The zero-order chi connectivity index (χ0) is 26.8. The molecule has 1 aromatic carbocycles. The molecule has 0 atom stereocenters. The number of hydrogen-bond donors (Lipinski definition) is 0. The van der Waals surface area contributed by atoms with Gasteiger partial charge in [-0.25, -0.2) is 23.6 Å². The lowest BCUT2D eigenvalue weighted by molar-refractivity contribution is 0.374. The van der Waals surface area contributed by atoms with Crippen LogP contribution in [0.4, 0.5) is 15.9 Å². The summed E-state index contributed by atoms with van der Waals surface area (Å²) in [5.74, 6) is 1.07. The Balaban J connectivity index is 1.65. The van der Waals surface area contributed by atoms with Crippen LogP contribution in [0.25, 0.3) is 22.4 Å². The molecule has 0 bridgehead atoms. The van der Waals surface area contributed by atoms with Gasteiger partial charge in [-0.3, -0.25) is 13.6 Å². The molecule has 11 nitrogen and oxygen atoms in total. The molecule has 4 heterocycles. The fourth-order valence-corrected chi connectivity index (χ4v) is 4.53. The van der Waals surface area contributed by atoms with E-state index in [1.165, 1.54) is 32.4 Å². The Labute approximate surface area is 223 Å². The van der Waals surface area contributed by atoms with Crippen molar-refractivity contribution in [2.45, 2.75) is 6.54 Å². The largest absolute Gasteiger partial charge is 0.497 e. The second-order valence-electron chi connectivity index (χ2n) is 8.48. The van der Waals surface area contributed by atoms with Gasteiger partial charge < -0.3 is 14.4 Å². The van der Waals surface area contributed by atoms with E-state index in [0.717, 1.165) is 5.56 Å². The third kappa shape index (κ3) is 5.10. The second kappa shape index (κ2) is 10.6. The topological polar surface area (TPSA) is 99.2 Å². The van der Waals surface area contributed by atoms with E-state index in [1.54, 1.807) is 46.4 Å². The van der Waals surface area contributed by atoms with Crippen LogP contribution in [-0.4, -0.2) is 66.3 Å². The van der Waals surface area contributed by atoms with Crippen LogP contribution in [-0.2, 0) is 13.6 Å². The van der Waals surface area contributed by atoms with Gasteiger partial charge in [0, 0.05) is 55.5 Å². The highest BCUT2D eigenvalue weighted by Gasteiger charge is 2.23. The van der Waals surface area contributed by atoms with Gasteiger partial charge in [0.25, 0.3) is 0 Å². The predicted octanol–water partition coefficient (Wildman–Crippen LogP) is 4.09. The minimum Gasteiger partial charge on any atom is -0.497 e. The number of halogens is 1. The van der Waals surface area contributed by atoms with Gasteiger partial charge in [0.05, 0.1) is 44.5 Å². The number of methoxy groups -OCH3 is 2. The zero-order valence-corrected chi connectivity index (χ0v) is 22.3. The highest BCUT2D eigenvalue weighted by molar-refractivity contribution is 7.95. The molecule has 0 amide bonds. The van der Waals surface area contributed by atoms with Crippen molar-refractivity contribution in [2.24, 2.45) is 7.05 Å². The van der Waals surface area contributed by atoms with Crippen LogP contribution in [0.5, 0.6) is 11.5 Å². The number of imidazole rings is 1. The number of aryl methyl sites for hydroxylation is 1. The first-order valence-electron chi connectivity index (χ1n) is 11.6. The number of fused-ring (bicyclic) bond motifs is 1. The molecule has 0 spiro atoms. The van der Waals surface area contributed by atoms with E-state index < -0.39 is 5.82 Å². The molecule has 0 saturated heterocycles. The SMILES string of the molecule is COc1cc(OC)c(F)c(N(Cc2nccn2SN(C)C)c2ccc3ncc(-c4cnn(C)c4)nc3n2)c1. The lowest BCUT2D eigenvalue weighted by Gasteiger charge is -2.26. The highest BCUT2D eigenvalue weighted by atomic mass is 32.2. The third-order valence-electron chi connectivity index (χ3n) is 5.64. The average molecular weight is 536 g/mol. The number of anilines is 2. The molecule has 0 fully saturated rings. The molecular formula is C25H26FN9O2S. The number of pyridine rings is 1. The molecule has 5 aromatic rings. The fraction of sp³-hybridized carbons (Fsp3) is 0.240. The first-order valence-corrected chi connectivity index (χ1v) is 12.3. The van der Waals surface area contributed by atoms with Gasteiger partial charge in [-0.2, -0.15) is 5.10 Å². The summed E-state index contributed by atoms with van der Waals surface area (Å²) >= 11 is 1.45. The van der Waals surface area contributed by atoms with Crippen molar-refractivity contribution >= 4 is 34.8 Å². The molecule has 0 saturated carbocycles. The van der Waals surface area contributed by atoms with Crippen LogP contribution in [0.15, 0.2) is 55.2 Å². The molecule has 196 valence electrons. The molecular weight excluding hydrogens is 509 g/mol. The van der Waals surface area contributed by atoms with Gasteiger partial charge in [0.2, 0.25) is 0 Å². The third-order valence-corrected chi connectivity index (χ3v) is 6.48. The van der Waals surface area contributed by atoms with Crippen LogP contribution in [0.3, 0.4) is 0 Å². The van der Waals surface area contributed by atoms with Crippen molar-refractivity contribution in [3.63, 3.8) is 0 Å². The monoisotopic (exact) mass is 535 g/mol. The number of hydrogen-bond acceptors (Lipinski definition) is 10. The first kappa shape index (κ1) is 25.4. The first-order chi connectivity index (χ1) is 18.4. The summed E-state index contributed by atoms with van der Waals surface area (Å²) in [6, 6.07) is 6.69. The Bertz CT molecular complexity index is 1590. The van der Waals surface area contributed by atoms with E-state index in [9.17, 15) is 0 Å². The van der Waals surface area contributed by atoms with E-state index in [2.05, 4.69) is 15.1 Å². The number of rotatable bonds is 9. The smallest absolute Gasteiger partial charge is 0.188 e. The Morgan fingerprint density at radius 3 is 2.61 bits per heavy atom. The van der Waals surface area contributed by atoms with Gasteiger partial charge in [0.1, 0.15) is 22.9 Å². The van der Waals surface area contributed by atoms with E-state index in [4.69, 9.17) is 19.4 Å². The van der Waals surface area contributed by atoms with Crippen LogP contribution < -0.4 is 14.4 Å². The van der Waals surface area contributed by atoms with Gasteiger partial charge in [0.15, 0.2) is 17.2 Å². The molecule has 5 rings (SSSR count). The number of ether oxygens (including phenoxy) is 2. The van der Waals surface area contributed by atoms with E-state index in [0.29, 0.717) is 34.2 Å². The normalized spacial score (nSPS) is 11.3. The maximum Gasteiger partial charge on any atom is 0.188 e. The maximum atomic E-state index is 15.7. The van der Waals surface area contributed by atoms with Crippen LogP contribution in [0, 0.1) is 5.82 Å². The lowest BCUT2D eigenvalue weighted by Crippen LogP contribution is -2.22. The van der Waals surface area contributed by atoms with Crippen LogP contribution in [0.2, 0.25) is 0 Å². The standard InChI is InChI=1S/C25H26FN9O2S/c1-32(2)38-35-9-8-27-23(35)15-34(20-10-17(36-4)11-21(37-5)24(20)26)22-7-6-18-25(31-22)30-19(13-28-18)16-12-29-33(3)14-16/h6-14H,15H2,1-5H3. The lowest BCUT2D eigenvalue weighted by atomic mass is 10.2. The molecule has 0 radical (unpaired) electrons. The van der Waals surface area contributed by atoms with Crippen molar-refractivity contribution in [1.29, 1.82) is 0 Å². The summed E-state index contributed by atoms with van der Waals surface area (Å²) in [4.78, 5) is 20.2. The summed E-state index contributed by atoms with van der Waals surface area (Å²) < 4.78 is 32.0. The maximum absolute atomic E-state index is 15.7. The quantitative estimate of drug-likeness (QED) is 0.257. The molecule has 38 heavy (non-hydrogen) atoms. The Hall–Kier alpha value is -4.23. The highest BCUT2D eigenvalue weighted by Crippen LogP contribution is 2.37. The van der Waals surface area contributed by atoms with Gasteiger partial charge >= 0.3 is 0 Å². The molecule has 0 aliphatic heterocycles. The van der Waals surface area contributed by atoms with Crippen LogP contribution in [0.1, 0.15) is 5.82 Å². The van der Waals surface area contributed by atoms with Crippen LogP contribution >= 0.6 is 12.1 Å². The second-order valence-corrected chi connectivity index (χ2v) is 9.77. The van der Waals surface area contributed by atoms with E-state index in [1.807, 2.05) is 41.8 Å². The van der Waals surface area contributed by atoms with Gasteiger partial charge in [-0.05, 0) is 26.2 Å². The molecule has 0 aliphatic carbocycles. The molecule has 0 unspecified atom stereocenters. The van der Waals surface area contributed by atoms with Gasteiger partial charge in [-0.15, -0.1) is 0 Å². The van der Waals surface area contributed by atoms with Gasteiger partial charge in [-0.1, -0.05) is 0 Å². The minimum absolute atomic E-state index is 0.0507.